The topological polar surface area (TPSA) is 304 Å². The maximum absolute atomic E-state index is 13.2. The second-order valence-electron chi connectivity index (χ2n) is 25.2. The van der Waals surface area contributed by atoms with Crippen molar-refractivity contribution in [3.05, 3.63) is 292 Å². The number of hydrogen-bond acceptors (Lipinski definition) is 17. The van der Waals surface area contributed by atoms with E-state index in [-0.39, 0.29) is 125 Å². The molecular weight excluding hydrogens is 1590 g/mol. The van der Waals surface area contributed by atoms with E-state index in [2.05, 4.69) is 16.0 Å². The Morgan fingerprint density at radius 2 is 0.682 bits per heavy atom. The van der Waals surface area contributed by atoms with Crippen molar-refractivity contribution in [2.24, 2.45) is 0 Å². The highest BCUT2D eigenvalue weighted by Crippen LogP contribution is 2.32. The monoisotopic (exact) mass is 1650 g/mol. The molecule has 110 heavy (non-hydrogen) atoms. The fourth-order valence-corrected chi connectivity index (χ4v) is 21.2. The second-order valence-corrected chi connectivity index (χ2v) is 36.5. The first-order valence-electron chi connectivity index (χ1n) is 34.3. The average molecular weight is 1660 g/mol. The Morgan fingerprint density at radius 1 is 0.355 bits per heavy atom. The number of amides is 6. The van der Waals surface area contributed by atoms with Crippen molar-refractivity contribution in [3.8, 4) is 0 Å². The Morgan fingerprint density at radius 3 is 1.09 bits per heavy atom. The Bertz CT molecular complexity index is 5600. The van der Waals surface area contributed by atoms with Gasteiger partial charge in [-0.15, -0.1) is 34.0 Å². The van der Waals surface area contributed by atoms with Crippen molar-refractivity contribution in [2.75, 3.05) is 78.5 Å². The van der Waals surface area contributed by atoms with Crippen molar-refractivity contribution >= 4 is 162 Å². The lowest BCUT2D eigenvalue weighted by molar-refractivity contribution is -0.385. The zero-order valence-corrected chi connectivity index (χ0v) is 65.5. The summed E-state index contributed by atoms with van der Waals surface area (Å²) in [7, 11) is -11.2. The largest absolute Gasteiger partial charge is 0.347 e. The van der Waals surface area contributed by atoms with Crippen LogP contribution in [0.5, 0.6) is 0 Å². The summed E-state index contributed by atoms with van der Waals surface area (Å²) >= 11 is 20.9. The Balaban J connectivity index is 0.000000154. The van der Waals surface area contributed by atoms with E-state index >= 15 is 0 Å². The molecule has 8 aromatic carbocycles. The molecule has 11 aromatic rings. The van der Waals surface area contributed by atoms with E-state index < -0.39 is 40.9 Å². The minimum absolute atomic E-state index is 0.0256. The molecule has 33 heteroatoms. The molecule has 3 aliphatic rings. The molecule has 3 saturated heterocycles. The third-order valence-electron chi connectivity index (χ3n) is 18.2. The number of sulfonamides is 3. The Labute approximate surface area is 661 Å². The molecule has 3 fully saturated rings. The highest BCUT2D eigenvalue weighted by atomic mass is 35.5. The van der Waals surface area contributed by atoms with Crippen LogP contribution in [0.3, 0.4) is 0 Å². The summed E-state index contributed by atoms with van der Waals surface area (Å²) in [4.78, 5) is 93.6. The lowest BCUT2D eigenvalue weighted by Gasteiger charge is -2.34. The maximum atomic E-state index is 13.2. The number of carbonyl (C=O) groups is 6. The third kappa shape index (κ3) is 19.1. The first-order chi connectivity index (χ1) is 52.8. The smallest absolute Gasteiger partial charge is 0.282 e. The van der Waals surface area contributed by atoms with Crippen molar-refractivity contribution in [2.45, 2.75) is 32.3 Å². The van der Waals surface area contributed by atoms with Crippen LogP contribution in [0.25, 0.3) is 21.5 Å². The molecular formula is C77H69Cl3N10O14S6. The number of fused-ring (bicyclic) bond motifs is 2. The molecule has 0 aliphatic carbocycles. The summed E-state index contributed by atoms with van der Waals surface area (Å²) in [5.74, 6) is -1.53. The minimum atomic E-state index is -3.79. The second kappa shape index (κ2) is 35.5. The predicted octanol–water partition coefficient (Wildman–Crippen LogP) is 12.6. The van der Waals surface area contributed by atoms with Gasteiger partial charge in [-0.1, -0.05) is 114 Å². The molecule has 3 aromatic heterocycles. The molecule has 6 heterocycles. The quantitative estimate of drug-likeness (QED) is 0.0501. The van der Waals surface area contributed by atoms with Crippen LogP contribution < -0.4 is 16.0 Å². The van der Waals surface area contributed by atoms with Crippen LogP contribution >= 0.6 is 68.8 Å². The highest BCUT2D eigenvalue weighted by Gasteiger charge is 2.36. The van der Waals surface area contributed by atoms with Gasteiger partial charge in [0.1, 0.15) is 18.2 Å². The third-order valence-corrected chi connectivity index (χ3v) is 29.3. The number of nitrogens with one attached hydrogen (secondary N) is 3. The van der Waals surface area contributed by atoms with Gasteiger partial charge >= 0.3 is 0 Å². The summed E-state index contributed by atoms with van der Waals surface area (Å²) in [6.07, 6.45) is 0. The van der Waals surface area contributed by atoms with Crippen LogP contribution in [0, 0.1) is 10.1 Å². The number of rotatable bonds is 19. The number of nitro benzene ring substituents is 1. The van der Waals surface area contributed by atoms with Crippen LogP contribution in [0.2, 0.25) is 15.1 Å². The van der Waals surface area contributed by atoms with Crippen molar-refractivity contribution < 1.29 is 58.9 Å². The molecule has 0 saturated carbocycles. The summed E-state index contributed by atoms with van der Waals surface area (Å²) in [6, 6.07) is 61.7. The number of para-hydroxylation sites is 1. The normalized spacial score (nSPS) is 14.5. The number of carbonyl (C=O) groups excluding carboxylic acids is 6. The lowest BCUT2D eigenvalue weighted by atomic mass is 10.0. The first kappa shape index (κ1) is 79.7. The van der Waals surface area contributed by atoms with Gasteiger partial charge in [0.05, 0.1) is 24.6 Å². The molecule has 0 unspecified atom stereocenters. The Kier molecular flexibility index (Phi) is 25.7. The van der Waals surface area contributed by atoms with E-state index in [1.54, 1.807) is 119 Å². The molecule has 3 aliphatic heterocycles. The van der Waals surface area contributed by atoms with Crippen LogP contribution in [0.1, 0.15) is 76.8 Å². The number of halogens is 3. The maximum Gasteiger partial charge on any atom is 0.282 e. The Hall–Kier alpha value is -9.80. The standard InChI is InChI=1S/2C27H24ClN3O4S2.C23H21ClN4O6S2/c28-21-10-8-20(9-11-21)26(32)29-18-22-12-13-25(36-22)37(34,35)31-16-14-30(15-17-31)27(33)24-7-3-5-19-4-1-2-6-23(19)24;28-23-9-7-20(8-10-23)26(32)29-18-24-11-12-25(36-24)37(34,35)31-15-13-30(14-16-31)27(33)22-6-5-19-3-1-2-4-21(19)17-22;24-17-7-5-16(6-8-17)22(29)25-15-18-9-10-21(35-18)36(33,34)27-13-11-26(12-14-27)23(30)19-3-1-2-4-20(19)28(31)32/h1-13H,14-18H2,(H,29,32);1-12,17H,13-16,18H2,(H,29,32);1-10H,11-15H2,(H,25,29). The van der Waals surface area contributed by atoms with Crippen LogP contribution in [0.4, 0.5) is 5.69 Å². The van der Waals surface area contributed by atoms with Crippen LogP contribution in [0.15, 0.2) is 231 Å². The van der Waals surface area contributed by atoms with Gasteiger partial charge in [-0.05, 0) is 155 Å². The van der Waals surface area contributed by atoms with Crippen molar-refractivity contribution in [1.29, 1.82) is 0 Å². The van der Waals surface area contributed by atoms with Crippen LogP contribution in [-0.4, -0.2) is 172 Å². The van der Waals surface area contributed by atoms with Gasteiger partial charge in [0, 0.05) is 142 Å². The van der Waals surface area contributed by atoms with Gasteiger partial charge < -0.3 is 30.7 Å². The van der Waals surface area contributed by atoms with Gasteiger partial charge in [0.25, 0.3) is 71.2 Å². The first-order valence-corrected chi connectivity index (χ1v) is 42.2. The average Bonchev–Trinajstić information content (AvgIpc) is 1.40. The van der Waals surface area contributed by atoms with E-state index in [0.717, 1.165) is 65.3 Å². The van der Waals surface area contributed by atoms with Gasteiger partial charge in [-0.2, -0.15) is 12.9 Å². The summed E-state index contributed by atoms with van der Waals surface area (Å²) in [5.41, 5.74) is 2.30. The zero-order chi connectivity index (χ0) is 77.9. The van der Waals surface area contributed by atoms with Gasteiger partial charge in [0.2, 0.25) is 0 Å². The fourth-order valence-electron chi connectivity index (χ4n) is 12.2. The van der Waals surface area contributed by atoms with Crippen molar-refractivity contribution in [1.82, 2.24) is 43.6 Å². The number of piperazine rings is 3. The molecule has 24 nitrogen and oxygen atoms in total. The van der Waals surface area contributed by atoms with E-state index in [1.807, 2.05) is 84.9 Å². The number of benzene rings is 8. The summed E-state index contributed by atoms with van der Waals surface area (Å²) in [5, 5.41) is 25.1. The number of nitrogens with zero attached hydrogens (tertiary/aromatic N) is 7. The number of hydrogen-bond donors (Lipinski definition) is 3. The van der Waals surface area contributed by atoms with Crippen molar-refractivity contribution in [3.63, 3.8) is 0 Å². The molecule has 0 spiro atoms. The van der Waals surface area contributed by atoms with Gasteiger partial charge in [0.15, 0.2) is 0 Å². The molecule has 568 valence electrons. The lowest BCUT2D eigenvalue weighted by Crippen LogP contribution is -2.50. The molecule has 0 atom stereocenters. The zero-order valence-electron chi connectivity index (χ0n) is 58.3. The molecule has 3 N–H and O–H groups in total. The van der Waals surface area contributed by atoms with E-state index in [4.69, 9.17) is 34.8 Å². The van der Waals surface area contributed by atoms with Gasteiger partial charge in [-0.25, -0.2) is 25.3 Å². The SMILES string of the molecule is O=C(NCc1ccc(S(=O)(=O)N2CCN(C(=O)c3ccc4ccccc4c3)CC2)s1)c1ccc(Cl)cc1.O=C(NCc1ccc(S(=O)(=O)N2CCN(C(=O)c3cccc4ccccc34)CC2)s1)c1ccc(Cl)cc1.O=C(NCc1ccc(S(=O)(=O)N2CCN(C(=O)c3ccccc3[N+](=O)[O-])CC2)s1)c1ccc(Cl)cc1. The van der Waals surface area contributed by atoms with Crippen LogP contribution in [-0.2, 0) is 49.7 Å². The molecule has 6 amide bonds. The number of nitro groups is 1. The molecule has 0 radical (unpaired) electrons. The van der Waals surface area contributed by atoms with E-state index in [9.17, 15) is 64.1 Å². The summed E-state index contributed by atoms with van der Waals surface area (Å²) in [6.45, 7) is 3.12. The summed E-state index contributed by atoms with van der Waals surface area (Å²) < 4.78 is 83.9. The van der Waals surface area contributed by atoms with E-state index in [0.29, 0.717) is 73.9 Å². The number of thiophene rings is 3. The molecule has 14 rings (SSSR count). The fraction of sp³-hybridized carbons (Fsp3) is 0.195. The predicted molar refractivity (Wildman–Crippen MR) is 426 cm³/mol. The minimum Gasteiger partial charge on any atom is -0.347 e. The van der Waals surface area contributed by atoms with E-state index in [1.165, 1.54) is 42.1 Å². The molecule has 0 bridgehead atoms. The van der Waals surface area contributed by atoms with Gasteiger partial charge in [-0.3, -0.25) is 38.9 Å². The highest BCUT2D eigenvalue weighted by molar-refractivity contribution is 7.92.